The molecule has 1 heterocycles. The first-order chi connectivity index (χ1) is 11.5. The van der Waals surface area contributed by atoms with Crippen molar-refractivity contribution in [1.29, 1.82) is 5.41 Å². The molecule has 0 aliphatic heterocycles. The van der Waals surface area contributed by atoms with E-state index in [1.165, 1.54) is 6.33 Å². The summed E-state index contributed by atoms with van der Waals surface area (Å²) in [7, 11) is 0. The van der Waals surface area contributed by atoms with Crippen LogP contribution in [0, 0.1) is 12.3 Å². The molecule has 0 aliphatic carbocycles. The van der Waals surface area contributed by atoms with Crippen LogP contribution in [0.1, 0.15) is 11.1 Å². The van der Waals surface area contributed by atoms with E-state index in [0.29, 0.717) is 17.1 Å². The SMILES string of the molecule is Cc1ccc(-c2ncnc(Nc3ccc(C(=N)N)cc3)c2O)cc1. The summed E-state index contributed by atoms with van der Waals surface area (Å²) < 4.78 is 0. The molecule has 0 radical (unpaired) electrons. The van der Waals surface area contributed by atoms with Gasteiger partial charge in [0.2, 0.25) is 0 Å². The van der Waals surface area contributed by atoms with Gasteiger partial charge in [0, 0.05) is 16.8 Å². The monoisotopic (exact) mass is 319 g/mol. The molecule has 0 fully saturated rings. The Hall–Kier alpha value is -3.41. The Labute approximate surface area is 139 Å². The van der Waals surface area contributed by atoms with E-state index in [1.807, 2.05) is 31.2 Å². The zero-order valence-corrected chi connectivity index (χ0v) is 13.1. The number of rotatable bonds is 4. The van der Waals surface area contributed by atoms with Crippen LogP contribution in [0.3, 0.4) is 0 Å². The molecule has 3 aromatic rings. The van der Waals surface area contributed by atoms with Gasteiger partial charge in [-0.3, -0.25) is 5.41 Å². The fraction of sp³-hybridized carbons (Fsp3) is 0.0556. The van der Waals surface area contributed by atoms with E-state index in [1.54, 1.807) is 24.3 Å². The first kappa shape index (κ1) is 15.5. The van der Waals surface area contributed by atoms with Crippen molar-refractivity contribution in [2.45, 2.75) is 6.92 Å². The minimum absolute atomic E-state index is 0.00749. The van der Waals surface area contributed by atoms with Gasteiger partial charge in [-0.05, 0) is 31.2 Å². The maximum atomic E-state index is 10.5. The van der Waals surface area contributed by atoms with Crippen molar-refractivity contribution in [2.24, 2.45) is 5.73 Å². The van der Waals surface area contributed by atoms with Gasteiger partial charge in [-0.2, -0.15) is 0 Å². The molecule has 120 valence electrons. The molecular formula is C18H17N5O. The van der Waals surface area contributed by atoms with E-state index >= 15 is 0 Å². The van der Waals surface area contributed by atoms with Crippen LogP contribution in [-0.4, -0.2) is 20.9 Å². The number of aromatic hydroxyl groups is 1. The minimum atomic E-state index is -0.0167. The predicted molar refractivity (Wildman–Crippen MR) is 94.6 cm³/mol. The van der Waals surface area contributed by atoms with Gasteiger partial charge in [-0.25, -0.2) is 9.97 Å². The molecule has 0 amide bonds. The van der Waals surface area contributed by atoms with E-state index in [2.05, 4.69) is 15.3 Å². The quantitative estimate of drug-likeness (QED) is 0.436. The number of nitrogen functional groups attached to an aromatic ring is 1. The third kappa shape index (κ3) is 3.17. The highest BCUT2D eigenvalue weighted by Gasteiger charge is 2.12. The second-order valence-electron chi connectivity index (χ2n) is 5.40. The van der Waals surface area contributed by atoms with Gasteiger partial charge in [0.25, 0.3) is 0 Å². The number of nitrogens with two attached hydrogens (primary N) is 1. The third-order valence-corrected chi connectivity index (χ3v) is 3.61. The number of amidine groups is 1. The summed E-state index contributed by atoms with van der Waals surface area (Å²) in [4.78, 5) is 8.27. The molecule has 0 aliphatic rings. The standard InChI is InChI=1S/C18H17N5O/c1-11-2-4-12(5-3-11)15-16(24)18(22-10-21-15)23-14-8-6-13(7-9-14)17(19)20/h2-10,24H,1H3,(H3,19,20)(H,21,22,23). The Balaban J connectivity index is 1.90. The second kappa shape index (κ2) is 6.37. The largest absolute Gasteiger partial charge is 0.503 e. The maximum Gasteiger partial charge on any atom is 0.185 e. The molecule has 24 heavy (non-hydrogen) atoms. The van der Waals surface area contributed by atoms with Crippen LogP contribution < -0.4 is 11.1 Å². The number of nitrogens with zero attached hydrogens (tertiary/aromatic N) is 2. The second-order valence-corrected chi connectivity index (χ2v) is 5.40. The summed E-state index contributed by atoms with van der Waals surface area (Å²) in [6.07, 6.45) is 1.40. The Kier molecular flexibility index (Phi) is 4.11. The van der Waals surface area contributed by atoms with Crippen molar-refractivity contribution in [3.05, 3.63) is 66.0 Å². The molecule has 3 rings (SSSR count). The van der Waals surface area contributed by atoms with E-state index in [4.69, 9.17) is 11.1 Å². The van der Waals surface area contributed by atoms with Crippen molar-refractivity contribution >= 4 is 17.3 Å². The summed E-state index contributed by atoms with van der Waals surface area (Å²) in [5.41, 5.74) is 9.21. The maximum absolute atomic E-state index is 10.5. The zero-order valence-electron chi connectivity index (χ0n) is 13.1. The molecule has 0 unspecified atom stereocenters. The normalized spacial score (nSPS) is 10.4. The molecule has 0 spiro atoms. The number of benzene rings is 2. The van der Waals surface area contributed by atoms with Gasteiger partial charge in [-0.15, -0.1) is 0 Å². The fourth-order valence-corrected chi connectivity index (χ4v) is 2.26. The van der Waals surface area contributed by atoms with Crippen LogP contribution in [0.4, 0.5) is 11.5 Å². The Morgan fingerprint density at radius 3 is 2.33 bits per heavy atom. The summed E-state index contributed by atoms with van der Waals surface area (Å²) in [5.74, 6) is 0.307. The van der Waals surface area contributed by atoms with Gasteiger partial charge in [0.1, 0.15) is 17.9 Å². The summed E-state index contributed by atoms with van der Waals surface area (Å²) in [6.45, 7) is 2.00. The number of aromatic nitrogens is 2. The molecule has 0 saturated heterocycles. The highest BCUT2D eigenvalue weighted by atomic mass is 16.3. The van der Waals surface area contributed by atoms with Crippen LogP contribution in [0.25, 0.3) is 11.3 Å². The van der Waals surface area contributed by atoms with Gasteiger partial charge < -0.3 is 16.2 Å². The topological polar surface area (TPSA) is 108 Å². The average molecular weight is 319 g/mol. The smallest absolute Gasteiger partial charge is 0.185 e. The summed E-state index contributed by atoms with van der Waals surface area (Å²) >= 11 is 0. The highest BCUT2D eigenvalue weighted by Crippen LogP contribution is 2.33. The number of aryl methyl sites for hydroxylation is 1. The summed E-state index contributed by atoms with van der Waals surface area (Å²) in [5, 5.41) is 20.9. The summed E-state index contributed by atoms with van der Waals surface area (Å²) in [6, 6.07) is 14.7. The predicted octanol–water partition coefficient (Wildman–Crippen LogP) is 3.19. The van der Waals surface area contributed by atoms with Crippen LogP contribution in [0.5, 0.6) is 5.75 Å². The zero-order chi connectivity index (χ0) is 17.1. The van der Waals surface area contributed by atoms with E-state index in [0.717, 1.165) is 16.8 Å². The molecule has 6 nitrogen and oxygen atoms in total. The van der Waals surface area contributed by atoms with Crippen LogP contribution >= 0.6 is 0 Å². The van der Waals surface area contributed by atoms with Crippen molar-refractivity contribution in [1.82, 2.24) is 9.97 Å². The first-order valence-corrected chi connectivity index (χ1v) is 7.37. The number of nitrogens with one attached hydrogen (secondary N) is 2. The fourth-order valence-electron chi connectivity index (χ4n) is 2.26. The molecule has 1 aromatic heterocycles. The van der Waals surface area contributed by atoms with Gasteiger partial charge in [0.05, 0.1) is 0 Å². The van der Waals surface area contributed by atoms with Gasteiger partial charge >= 0.3 is 0 Å². The highest BCUT2D eigenvalue weighted by molar-refractivity contribution is 5.95. The van der Waals surface area contributed by atoms with Gasteiger partial charge in [-0.1, -0.05) is 29.8 Å². The molecule has 5 N–H and O–H groups in total. The van der Waals surface area contributed by atoms with E-state index in [-0.39, 0.29) is 11.6 Å². The third-order valence-electron chi connectivity index (χ3n) is 3.61. The number of hydrogen-bond donors (Lipinski definition) is 4. The van der Waals surface area contributed by atoms with Crippen LogP contribution in [0.15, 0.2) is 54.9 Å². The van der Waals surface area contributed by atoms with Crippen molar-refractivity contribution < 1.29 is 5.11 Å². The Morgan fingerprint density at radius 2 is 1.71 bits per heavy atom. The lowest BCUT2D eigenvalue weighted by atomic mass is 10.1. The molecule has 2 aromatic carbocycles. The Bertz CT molecular complexity index is 873. The van der Waals surface area contributed by atoms with Crippen LogP contribution in [-0.2, 0) is 0 Å². The lowest BCUT2D eigenvalue weighted by Crippen LogP contribution is -2.10. The Morgan fingerprint density at radius 1 is 1.04 bits per heavy atom. The molecule has 0 atom stereocenters. The number of hydrogen-bond acceptors (Lipinski definition) is 5. The van der Waals surface area contributed by atoms with Crippen LogP contribution in [0.2, 0.25) is 0 Å². The molecule has 0 saturated carbocycles. The molecule has 6 heteroatoms. The molecule has 0 bridgehead atoms. The molecular weight excluding hydrogens is 302 g/mol. The van der Waals surface area contributed by atoms with E-state index in [9.17, 15) is 5.11 Å². The first-order valence-electron chi connectivity index (χ1n) is 7.37. The minimum Gasteiger partial charge on any atom is -0.503 e. The van der Waals surface area contributed by atoms with Crippen molar-refractivity contribution in [2.75, 3.05) is 5.32 Å². The van der Waals surface area contributed by atoms with Crippen molar-refractivity contribution in [3.8, 4) is 17.0 Å². The number of anilines is 2. The lowest BCUT2D eigenvalue weighted by molar-refractivity contribution is 0.475. The average Bonchev–Trinajstić information content (AvgIpc) is 2.58. The lowest BCUT2D eigenvalue weighted by Gasteiger charge is -2.11. The van der Waals surface area contributed by atoms with Gasteiger partial charge in [0.15, 0.2) is 11.6 Å². The van der Waals surface area contributed by atoms with Crippen molar-refractivity contribution in [3.63, 3.8) is 0 Å². The van der Waals surface area contributed by atoms with E-state index < -0.39 is 0 Å².